The van der Waals surface area contributed by atoms with Gasteiger partial charge in [-0.2, -0.15) is 0 Å². The number of thioether (sulfide) groups is 1. The van der Waals surface area contributed by atoms with Gasteiger partial charge in [-0.3, -0.25) is 18.6 Å². The molecule has 0 aliphatic carbocycles. The van der Waals surface area contributed by atoms with Crippen molar-refractivity contribution in [1.82, 2.24) is 24.5 Å². The van der Waals surface area contributed by atoms with Crippen LogP contribution in [0.5, 0.6) is 5.75 Å². The predicted molar refractivity (Wildman–Crippen MR) is 130 cm³/mol. The first-order valence-electron chi connectivity index (χ1n) is 10.9. The third-order valence-electron chi connectivity index (χ3n) is 5.56. The van der Waals surface area contributed by atoms with Crippen LogP contribution in [-0.2, 0) is 17.1 Å². The van der Waals surface area contributed by atoms with Crippen LogP contribution in [0.25, 0.3) is 16.7 Å². The number of nitrogens with one attached hydrogen (secondary N) is 1. The average molecular weight is 466 g/mol. The van der Waals surface area contributed by atoms with Crippen molar-refractivity contribution in [3.63, 3.8) is 0 Å². The summed E-state index contributed by atoms with van der Waals surface area (Å²) in [6.07, 6.45) is 1.04. The first-order chi connectivity index (χ1) is 16.0. The molecule has 0 aliphatic heterocycles. The Hall–Kier alpha value is -3.33. The molecule has 0 spiro atoms. The van der Waals surface area contributed by atoms with Crippen LogP contribution in [0.1, 0.15) is 32.3 Å². The number of methoxy groups -OCH3 is 1. The van der Waals surface area contributed by atoms with Crippen molar-refractivity contribution in [2.24, 2.45) is 0 Å². The van der Waals surface area contributed by atoms with Crippen molar-refractivity contribution in [1.29, 1.82) is 0 Å². The summed E-state index contributed by atoms with van der Waals surface area (Å²) in [5.74, 6) is 1.81. The van der Waals surface area contributed by atoms with Crippen LogP contribution in [-0.4, -0.2) is 38.2 Å². The van der Waals surface area contributed by atoms with Gasteiger partial charge >= 0.3 is 0 Å². The second kappa shape index (κ2) is 10.1. The Labute approximate surface area is 196 Å². The molecule has 9 heteroatoms. The number of para-hydroxylation sites is 1. The number of hydrogen-bond acceptors (Lipinski definition) is 6. The monoisotopic (exact) mass is 465 g/mol. The number of benzene rings is 2. The van der Waals surface area contributed by atoms with E-state index < -0.39 is 0 Å². The number of aromatic nitrogens is 4. The molecular formula is C24H27N5O3S. The highest BCUT2D eigenvalue weighted by Gasteiger charge is 2.18. The summed E-state index contributed by atoms with van der Waals surface area (Å²) in [7, 11) is 1.65. The molecular weight excluding hydrogens is 438 g/mol. The largest absolute Gasteiger partial charge is 0.497 e. The van der Waals surface area contributed by atoms with E-state index in [2.05, 4.69) is 15.5 Å². The first-order valence-corrected chi connectivity index (χ1v) is 11.9. The Morgan fingerprint density at radius 3 is 2.79 bits per heavy atom. The molecule has 0 saturated heterocycles. The molecule has 33 heavy (non-hydrogen) atoms. The maximum atomic E-state index is 13.2. The summed E-state index contributed by atoms with van der Waals surface area (Å²) in [6.45, 7) is 4.21. The second-order valence-corrected chi connectivity index (χ2v) is 8.80. The number of aryl methyl sites for hydroxylation is 1. The van der Waals surface area contributed by atoms with Crippen molar-refractivity contribution >= 4 is 34.3 Å². The quantitative estimate of drug-likeness (QED) is 0.380. The molecule has 0 saturated carbocycles. The Morgan fingerprint density at radius 2 is 2.00 bits per heavy atom. The molecule has 1 N–H and O–H groups in total. The van der Waals surface area contributed by atoms with Crippen LogP contribution < -0.4 is 15.6 Å². The molecule has 0 fully saturated rings. The molecule has 172 valence electrons. The van der Waals surface area contributed by atoms with Crippen molar-refractivity contribution in [2.75, 3.05) is 7.11 Å². The fraction of sp³-hybridized carbons (Fsp3) is 0.333. The number of ether oxygens (including phenoxy) is 1. The topological polar surface area (TPSA) is 90.5 Å². The molecule has 2 heterocycles. The lowest BCUT2D eigenvalue weighted by molar-refractivity contribution is -0.121. The third kappa shape index (κ3) is 4.88. The van der Waals surface area contributed by atoms with E-state index in [9.17, 15) is 9.59 Å². The van der Waals surface area contributed by atoms with Crippen LogP contribution in [0.15, 0.2) is 58.5 Å². The number of nitrogens with zero attached hydrogens (tertiary/aromatic N) is 4. The number of carbonyl (C=O) groups is 1. The number of hydrogen-bond donors (Lipinski definition) is 1. The summed E-state index contributed by atoms with van der Waals surface area (Å²) in [6, 6.07) is 15.4. The van der Waals surface area contributed by atoms with Gasteiger partial charge in [0.2, 0.25) is 11.7 Å². The lowest BCUT2D eigenvalue weighted by atomic mass is 10.2. The van der Waals surface area contributed by atoms with Gasteiger partial charge in [-0.05, 0) is 43.2 Å². The average Bonchev–Trinajstić information content (AvgIpc) is 3.26. The molecule has 2 aromatic carbocycles. The van der Waals surface area contributed by atoms with Gasteiger partial charge in [0, 0.05) is 24.8 Å². The Kier molecular flexibility index (Phi) is 6.98. The maximum Gasteiger partial charge on any atom is 0.262 e. The molecule has 8 nitrogen and oxygen atoms in total. The lowest BCUT2D eigenvalue weighted by Gasteiger charge is -2.13. The summed E-state index contributed by atoms with van der Waals surface area (Å²) in [5, 5.41) is 12.9. The van der Waals surface area contributed by atoms with Crippen molar-refractivity contribution < 1.29 is 9.53 Å². The molecule has 0 radical (unpaired) electrons. The molecule has 4 rings (SSSR count). The van der Waals surface area contributed by atoms with Gasteiger partial charge in [0.1, 0.15) is 5.75 Å². The van der Waals surface area contributed by atoms with E-state index in [-0.39, 0.29) is 30.5 Å². The highest BCUT2D eigenvalue weighted by Crippen LogP contribution is 2.26. The number of rotatable bonds is 9. The molecule has 2 aromatic heterocycles. The van der Waals surface area contributed by atoms with E-state index in [0.717, 1.165) is 23.3 Å². The van der Waals surface area contributed by atoms with Gasteiger partial charge in [-0.25, -0.2) is 0 Å². The SMILES string of the molecule is CC[C@@H](C)NC(=O)CCn1c(=O)c2ccccc2n2c(SCc3cccc(OC)c3)nnc12. The maximum absolute atomic E-state index is 13.2. The van der Waals surface area contributed by atoms with E-state index in [0.29, 0.717) is 22.1 Å². The highest BCUT2D eigenvalue weighted by molar-refractivity contribution is 7.98. The molecule has 0 bridgehead atoms. The minimum absolute atomic E-state index is 0.0882. The number of fused-ring (bicyclic) bond motifs is 3. The van der Waals surface area contributed by atoms with E-state index in [1.54, 1.807) is 17.7 Å². The normalized spacial score (nSPS) is 12.2. The van der Waals surface area contributed by atoms with Gasteiger partial charge < -0.3 is 10.1 Å². The predicted octanol–water partition coefficient (Wildman–Crippen LogP) is 3.65. The van der Waals surface area contributed by atoms with E-state index in [4.69, 9.17) is 4.74 Å². The van der Waals surface area contributed by atoms with Gasteiger partial charge in [0.15, 0.2) is 5.16 Å². The summed E-state index contributed by atoms with van der Waals surface area (Å²) >= 11 is 1.53. The minimum atomic E-state index is -0.175. The van der Waals surface area contributed by atoms with Gasteiger partial charge in [-0.1, -0.05) is 43.0 Å². The molecule has 0 aliphatic rings. The van der Waals surface area contributed by atoms with Crippen molar-refractivity contribution in [3.05, 3.63) is 64.4 Å². The molecule has 0 unspecified atom stereocenters. The fourth-order valence-corrected chi connectivity index (χ4v) is 4.48. The minimum Gasteiger partial charge on any atom is -0.497 e. The van der Waals surface area contributed by atoms with Crippen molar-refractivity contribution in [3.8, 4) is 5.75 Å². The zero-order valence-corrected chi connectivity index (χ0v) is 19.8. The third-order valence-corrected chi connectivity index (χ3v) is 6.56. The number of amides is 1. The van der Waals surface area contributed by atoms with Crippen LogP contribution in [0, 0.1) is 0 Å². The van der Waals surface area contributed by atoms with Gasteiger partial charge in [0.05, 0.1) is 18.0 Å². The van der Waals surface area contributed by atoms with Crippen LogP contribution in [0.2, 0.25) is 0 Å². The highest BCUT2D eigenvalue weighted by atomic mass is 32.2. The Bertz CT molecular complexity index is 1350. The van der Waals surface area contributed by atoms with Gasteiger partial charge in [-0.15, -0.1) is 10.2 Å². The van der Waals surface area contributed by atoms with E-state index in [1.807, 2.05) is 60.7 Å². The fourth-order valence-electron chi connectivity index (χ4n) is 3.60. The molecule has 1 atom stereocenters. The van der Waals surface area contributed by atoms with Crippen LogP contribution in [0.4, 0.5) is 0 Å². The smallest absolute Gasteiger partial charge is 0.262 e. The Balaban J connectivity index is 1.69. The summed E-state index contributed by atoms with van der Waals surface area (Å²) in [5.41, 5.74) is 1.66. The summed E-state index contributed by atoms with van der Waals surface area (Å²) in [4.78, 5) is 25.6. The second-order valence-electron chi connectivity index (χ2n) is 7.86. The van der Waals surface area contributed by atoms with Gasteiger partial charge in [0.25, 0.3) is 5.56 Å². The van der Waals surface area contributed by atoms with E-state index in [1.165, 1.54) is 11.8 Å². The number of carbonyl (C=O) groups excluding carboxylic acids is 1. The zero-order chi connectivity index (χ0) is 23.4. The van der Waals surface area contributed by atoms with Crippen LogP contribution >= 0.6 is 11.8 Å². The molecule has 4 aromatic rings. The van der Waals surface area contributed by atoms with E-state index >= 15 is 0 Å². The first kappa shape index (κ1) is 22.8. The standard InChI is InChI=1S/C24H27N5O3S/c1-4-16(2)25-21(30)12-13-28-22(31)19-10-5-6-11-20(19)29-23(28)26-27-24(29)33-15-17-8-7-9-18(14-17)32-3/h5-11,14,16H,4,12-13,15H2,1-3H3,(H,25,30)/t16-/m1/s1. The summed E-state index contributed by atoms with van der Waals surface area (Å²) < 4.78 is 8.75. The molecule has 1 amide bonds. The van der Waals surface area contributed by atoms with Crippen molar-refractivity contribution in [2.45, 2.75) is 50.2 Å². The van der Waals surface area contributed by atoms with Crippen LogP contribution in [0.3, 0.4) is 0 Å². The Morgan fingerprint density at radius 1 is 1.18 bits per heavy atom. The lowest BCUT2D eigenvalue weighted by Crippen LogP contribution is -2.33. The zero-order valence-electron chi connectivity index (χ0n) is 18.9.